The van der Waals surface area contributed by atoms with Crippen LogP contribution in [0.4, 0.5) is 5.13 Å². The normalized spacial score (nSPS) is 14.7. The van der Waals surface area contributed by atoms with Gasteiger partial charge in [-0.25, -0.2) is 4.98 Å². The topological polar surface area (TPSA) is 54.9 Å². The molecule has 9 heteroatoms. The molecule has 6 nitrogen and oxygen atoms in total. The average Bonchev–Trinajstić information content (AvgIpc) is 3.22. The lowest BCUT2D eigenvalue weighted by molar-refractivity contribution is -0.118. The Morgan fingerprint density at radius 1 is 1.19 bits per heavy atom. The van der Waals surface area contributed by atoms with Crippen molar-refractivity contribution in [2.24, 2.45) is 0 Å². The number of aromatic nitrogens is 1. The molecule has 1 fully saturated rings. The lowest BCUT2D eigenvalue weighted by Crippen LogP contribution is -2.43. The number of amides is 1. The van der Waals surface area contributed by atoms with Crippen molar-refractivity contribution in [2.45, 2.75) is 6.42 Å². The summed E-state index contributed by atoms with van der Waals surface area (Å²) in [6, 6.07) is 11.0. The van der Waals surface area contributed by atoms with Crippen LogP contribution in [0.3, 0.4) is 0 Å². The first kappa shape index (κ1) is 22.3. The molecule has 2 aromatic carbocycles. The van der Waals surface area contributed by atoms with Gasteiger partial charge in [0.2, 0.25) is 5.91 Å². The van der Waals surface area contributed by atoms with E-state index in [4.69, 9.17) is 37.7 Å². The van der Waals surface area contributed by atoms with Gasteiger partial charge in [-0.05, 0) is 23.8 Å². The Morgan fingerprint density at radius 3 is 2.71 bits per heavy atom. The molecule has 1 aliphatic rings. The third kappa shape index (κ3) is 5.13. The number of carbonyl (C=O) groups is 1. The zero-order valence-corrected chi connectivity index (χ0v) is 19.5. The monoisotopic (exact) mass is 479 g/mol. The molecule has 2 heterocycles. The zero-order valence-electron chi connectivity index (χ0n) is 17.1. The Kier molecular flexibility index (Phi) is 7.30. The summed E-state index contributed by atoms with van der Waals surface area (Å²) in [5.41, 5.74) is 1.46. The van der Waals surface area contributed by atoms with Crippen LogP contribution in [0.5, 0.6) is 5.75 Å². The van der Waals surface area contributed by atoms with Crippen molar-refractivity contribution in [2.75, 3.05) is 51.4 Å². The predicted molar refractivity (Wildman–Crippen MR) is 126 cm³/mol. The molecule has 1 aliphatic heterocycles. The summed E-state index contributed by atoms with van der Waals surface area (Å²) in [6.07, 6.45) is 0.198. The van der Waals surface area contributed by atoms with E-state index in [0.717, 1.165) is 29.9 Å². The van der Waals surface area contributed by atoms with E-state index in [1.807, 2.05) is 18.2 Å². The van der Waals surface area contributed by atoms with E-state index >= 15 is 0 Å². The molecule has 1 amide bonds. The maximum Gasteiger partial charge on any atom is 0.233 e. The quantitative estimate of drug-likeness (QED) is 0.498. The van der Waals surface area contributed by atoms with Crippen molar-refractivity contribution in [3.05, 3.63) is 52.0 Å². The molecule has 0 N–H and O–H groups in total. The van der Waals surface area contributed by atoms with E-state index < -0.39 is 0 Å². The fourth-order valence-electron chi connectivity index (χ4n) is 3.51. The van der Waals surface area contributed by atoms with Gasteiger partial charge in [0.25, 0.3) is 0 Å². The molecule has 0 bridgehead atoms. The van der Waals surface area contributed by atoms with Gasteiger partial charge in [0.1, 0.15) is 11.3 Å². The Bertz CT molecular complexity index is 1070. The van der Waals surface area contributed by atoms with Gasteiger partial charge in [-0.1, -0.05) is 52.7 Å². The molecule has 0 spiro atoms. The molecule has 0 atom stereocenters. The van der Waals surface area contributed by atoms with Gasteiger partial charge in [-0.3, -0.25) is 14.6 Å². The molecule has 4 rings (SSSR count). The summed E-state index contributed by atoms with van der Waals surface area (Å²) in [5.74, 6) is 0.573. The molecule has 0 radical (unpaired) electrons. The minimum Gasteiger partial charge on any atom is -0.494 e. The fraction of sp³-hybridized carbons (Fsp3) is 0.364. The minimum atomic E-state index is -0.0597. The Labute approximate surface area is 195 Å². The molecule has 0 saturated carbocycles. The highest BCUT2D eigenvalue weighted by Gasteiger charge is 2.24. The standard InChI is InChI=1S/C22H23Cl2N3O3S/c1-29-18-7-6-17(24)21-20(18)25-22(31-21)27(9-8-26-10-12-30-13-11-26)19(28)14-15-4-2-3-5-16(15)23/h2-7H,8-14H2,1H3. The highest BCUT2D eigenvalue weighted by atomic mass is 35.5. The summed E-state index contributed by atoms with van der Waals surface area (Å²) >= 11 is 14.1. The number of benzene rings is 2. The molecule has 31 heavy (non-hydrogen) atoms. The summed E-state index contributed by atoms with van der Waals surface area (Å²) in [4.78, 5) is 22.1. The molecular weight excluding hydrogens is 457 g/mol. The van der Waals surface area contributed by atoms with E-state index in [1.54, 1.807) is 30.2 Å². The second-order valence-corrected chi connectivity index (χ2v) is 8.98. The van der Waals surface area contributed by atoms with Crippen LogP contribution >= 0.6 is 34.5 Å². The Balaban J connectivity index is 1.64. The zero-order chi connectivity index (χ0) is 21.8. The van der Waals surface area contributed by atoms with E-state index in [9.17, 15) is 4.79 Å². The first-order valence-electron chi connectivity index (χ1n) is 10.0. The third-order valence-electron chi connectivity index (χ3n) is 5.24. The number of anilines is 1. The average molecular weight is 480 g/mol. The maximum absolute atomic E-state index is 13.4. The first-order valence-corrected chi connectivity index (χ1v) is 11.6. The Hall–Kier alpha value is -1.90. The highest BCUT2D eigenvalue weighted by Crippen LogP contribution is 2.39. The van der Waals surface area contributed by atoms with Crippen LogP contribution < -0.4 is 9.64 Å². The van der Waals surface area contributed by atoms with Crippen LogP contribution in [0.2, 0.25) is 10.0 Å². The number of methoxy groups -OCH3 is 1. The van der Waals surface area contributed by atoms with Crippen LogP contribution in [0.25, 0.3) is 10.2 Å². The van der Waals surface area contributed by atoms with Gasteiger partial charge < -0.3 is 9.47 Å². The van der Waals surface area contributed by atoms with Gasteiger partial charge >= 0.3 is 0 Å². The smallest absolute Gasteiger partial charge is 0.233 e. The second kappa shape index (κ2) is 10.1. The van der Waals surface area contributed by atoms with Crippen molar-refractivity contribution in [1.82, 2.24) is 9.88 Å². The van der Waals surface area contributed by atoms with Crippen LogP contribution in [-0.2, 0) is 16.0 Å². The molecule has 0 aliphatic carbocycles. The molecule has 1 aromatic heterocycles. The van der Waals surface area contributed by atoms with Gasteiger partial charge in [0.15, 0.2) is 5.13 Å². The highest BCUT2D eigenvalue weighted by molar-refractivity contribution is 7.23. The molecular formula is C22H23Cl2N3O3S. The van der Waals surface area contributed by atoms with Gasteiger partial charge in [-0.2, -0.15) is 0 Å². The number of thiazole rings is 1. The number of hydrogen-bond acceptors (Lipinski definition) is 6. The van der Waals surface area contributed by atoms with E-state index in [1.165, 1.54) is 11.3 Å². The third-order valence-corrected chi connectivity index (χ3v) is 7.15. The number of nitrogens with zero attached hydrogens (tertiary/aromatic N) is 3. The number of ether oxygens (including phenoxy) is 2. The summed E-state index contributed by atoms with van der Waals surface area (Å²) in [5, 5.41) is 1.77. The number of fused-ring (bicyclic) bond motifs is 1. The number of halogens is 2. The predicted octanol–water partition coefficient (Wildman–Crippen LogP) is 4.52. The summed E-state index contributed by atoms with van der Waals surface area (Å²) in [6.45, 7) is 4.38. The van der Waals surface area contributed by atoms with Crippen LogP contribution in [0.15, 0.2) is 36.4 Å². The van der Waals surface area contributed by atoms with E-state index in [2.05, 4.69) is 4.90 Å². The largest absolute Gasteiger partial charge is 0.494 e. The molecule has 1 saturated heterocycles. The number of rotatable bonds is 7. The Morgan fingerprint density at radius 2 is 1.97 bits per heavy atom. The SMILES string of the molecule is COc1ccc(Cl)c2sc(N(CCN3CCOCC3)C(=O)Cc3ccccc3Cl)nc12. The van der Waals surface area contributed by atoms with E-state index in [-0.39, 0.29) is 12.3 Å². The van der Waals surface area contributed by atoms with Crippen molar-refractivity contribution >= 4 is 55.8 Å². The van der Waals surface area contributed by atoms with Crippen molar-refractivity contribution in [3.8, 4) is 5.75 Å². The lowest BCUT2D eigenvalue weighted by Gasteiger charge is -2.29. The van der Waals surface area contributed by atoms with Crippen molar-refractivity contribution in [1.29, 1.82) is 0 Å². The molecule has 164 valence electrons. The van der Waals surface area contributed by atoms with Crippen molar-refractivity contribution in [3.63, 3.8) is 0 Å². The van der Waals surface area contributed by atoms with Gasteiger partial charge in [-0.15, -0.1) is 0 Å². The van der Waals surface area contributed by atoms with Crippen LogP contribution in [0, 0.1) is 0 Å². The van der Waals surface area contributed by atoms with Gasteiger partial charge in [0, 0.05) is 31.2 Å². The van der Waals surface area contributed by atoms with Crippen LogP contribution in [0.1, 0.15) is 5.56 Å². The second-order valence-electron chi connectivity index (χ2n) is 7.19. The minimum absolute atomic E-state index is 0.0597. The molecule has 0 unspecified atom stereocenters. The number of morpholine rings is 1. The number of hydrogen-bond donors (Lipinski definition) is 0. The molecule has 3 aromatic rings. The first-order chi connectivity index (χ1) is 15.1. The van der Waals surface area contributed by atoms with Crippen molar-refractivity contribution < 1.29 is 14.3 Å². The summed E-state index contributed by atoms with van der Waals surface area (Å²) in [7, 11) is 1.60. The van der Waals surface area contributed by atoms with Gasteiger partial charge in [0.05, 0.1) is 36.5 Å². The maximum atomic E-state index is 13.4. The lowest BCUT2D eigenvalue weighted by atomic mass is 10.1. The van der Waals surface area contributed by atoms with Crippen LogP contribution in [-0.4, -0.2) is 62.3 Å². The number of carbonyl (C=O) groups excluding carboxylic acids is 1. The summed E-state index contributed by atoms with van der Waals surface area (Å²) < 4.78 is 11.7. The fourth-order valence-corrected chi connectivity index (χ4v) is 5.02. The van der Waals surface area contributed by atoms with E-state index in [0.29, 0.717) is 46.2 Å².